The van der Waals surface area contributed by atoms with Crippen molar-refractivity contribution in [2.24, 2.45) is 5.73 Å². The van der Waals surface area contributed by atoms with Crippen molar-refractivity contribution < 1.29 is 12.8 Å². The van der Waals surface area contributed by atoms with E-state index in [0.29, 0.717) is 5.56 Å². The number of aryl methyl sites for hydroxylation is 2. The van der Waals surface area contributed by atoms with Gasteiger partial charge in [0, 0.05) is 11.4 Å². The van der Waals surface area contributed by atoms with Gasteiger partial charge in [0.15, 0.2) is 5.13 Å². The highest BCUT2D eigenvalue weighted by molar-refractivity contribution is 7.93. The Balaban J connectivity index is 1.92. The molecule has 0 radical (unpaired) electrons. The Morgan fingerprint density at radius 2 is 2.19 bits per heavy atom. The summed E-state index contributed by atoms with van der Waals surface area (Å²) >= 11 is 1.31. The molecule has 3 rings (SSSR count). The van der Waals surface area contributed by atoms with Crippen molar-refractivity contribution in [1.29, 1.82) is 0 Å². The summed E-state index contributed by atoms with van der Waals surface area (Å²) in [4.78, 5) is 4.95. The molecule has 8 heteroatoms. The number of sulfonamides is 1. The van der Waals surface area contributed by atoms with E-state index >= 15 is 0 Å². The van der Waals surface area contributed by atoms with Crippen LogP contribution in [0.5, 0.6) is 0 Å². The molecule has 1 heterocycles. The van der Waals surface area contributed by atoms with Crippen LogP contribution in [0.3, 0.4) is 0 Å². The average molecular weight is 327 g/mol. The minimum atomic E-state index is -4.00. The van der Waals surface area contributed by atoms with Crippen LogP contribution in [-0.2, 0) is 29.4 Å². The van der Waals surface area contributed by atoms with E-state index < -0.39 is 20.7 Å². The standard InChI is InChI=1S/C13H14FN3O2S2/c14-9-5-4-8(7-15)6-12(9)21(18,19)17-13-16-10-2-1-3-11(10)20-13/h4-6H,1-3,7,15H2,(H,16,17). The molecule has 1 aliphatic rings. The van der Waals surface area contributed by atoms with Crippen LogP contribution >= 0.6 is 11.3 Å². The molecule has 2 aromatic rings. The molecule has 21 heavy (non-hydrogen) atoms. The van der Waals surface area contributed by atoms with Crippen LogP contribution in [0.4, 0.5) is 9.52 Å². The molecule has 0 aliphatic heterocycles. The van der Waals surface area contributed by atoms with Gasteiger partial charge in [0.05, 0.1) is 5.69 Å². The number of rotatable bonds is 4. The average Bonchev–Trinajstić information content (AvgIpc) is 2.99. The Bertz CT molecular complexity index is 765. The normalized spacial score (nSPS) is 14.2. The van der Waals surface area contributed by atoms with Crippen molar-refractivity contribution in [2.75, 3.05) is 4.72 Å². The Labute approximate surface area is 126 Å². The van der Waals surface area contributed by atoms with E-state index in [0.717, 1.165) is 35.9 Å². The van der Waals surface area contributed by atoms with Crippen LogP contribution in [0.15, 0.2) is 23.1 Å². The fourth-order valence-corrected chi connectivity index (χ4v) is 4.70. The van der Waals surface area contributed by atoms with Crippen LogP contribution in [0.25, 0.3) is 0 Å². The summed E-state index contributed by atoms with van der Waals surface area (Å²) in [6, 6.07) is 3.82. The molecule has 0 saturated heterocycles. The van der Waals surface area contributed by atoms with E-state index in [9.17, 15) is 12.8 Å². The summed E-state index contributed by atoms with van der Waals surface area (Å²) in [7, 11) is -4.00. The first-order valence-corrected chi connectivity index (χ1v) is 8.79. The zero-order valence-corrected chi connectivity index (χ0v) is 12.7. The van der Waals surface area contributed by atoms with E-state index in [1.807, 2.05) is 0 Å². The van der Waals surface area contributed by atoms with Gasteiger partial charge in [-0.3, -0.25) is 4.72 Å². The molecule has 1 aliphatic carbocycles. The Morgan fingerprint density at radius 1 is 1.38 bits per heavy atom. The van der Waals surface area contributed by atoms with Crippen molar-refractivity contribution in [2.45, 2.75) is 30.7 Å². The number of hydrogen-bond donors (Lipinski definition) is 2. The fourth-order valence-electron chi connectivity index (χ4n) is 2.28. The Hall–Kier alpha value is -1.51. The molecule has 1 aromatic heterocycles. The van der Waals surface area contributed by atoms with Gasteiger partial charge in [-0.2, -0.15) is 0 Å². The second-order valence-corrected chi connectivity index (χ2v) is 7.55. The van der Waals surface area contributed by atoms with Crippen molar-refractivity contribution in [1.82, 2.24) is 4.98 Å². The van der Waals surface area contributed by atoms with Gasteiger partial charge in [-0.25, -0.2) is 17.8 Å². The molecule has 5 nitrogen and oxygen atoms in total. The lowest BCUT2D eigenvalue weighted by atomic mass is 10.2. The molecule has 1 aromatic carbocycles. The van der Waals surface area contributed by atoms with Crippen LogP contribution in [0, 0.1) is 5.82 Å². The maximum atomic E-state index is 13.8. The van der Waals surface area contributed by atoms with E-state index in [2.05, 4.69) is 9.71 Å². The summed E-state index contributed by atoms with van der Waals surface area (Å²) in [5.74, 6) is -0.802. The molecule has 0 spiro atoms. The summed E-state index contributed by atoms with van der Waals surface area (Å²) in [5, 5.41) is 0.289. The number of hydrogen-bond acceptors (Lipinski definition) is 5. The van der Waals surface area contributed by atoms with Crippen LogP contribution in [0.2, 0.25) is 0 Å². The number of nitrogens with one attached hydrogen (secondary N) is 1. The zero-order chi connectivity index (χ0) is 15.0. The lowest BCUT2D eigenvalue weighted by Gasteiger charge is -2.08. The monoisotopic (exact) mass is 327 g/mol. The van der Waals surface area contributed by atoms with Crippen LogP contribution in [-0.4, -0.2) is 13.4 Å². The third-order valence-corrected chi connectivity index (χ3v) is 5.89. The first kappa shape index (κ1) is 14.4. The zero-order valence-electron chi connectivity index (χ0n) is 11.1. The maximum Gasteiger partial charge on any atom is 0.266 e. The predicted molar refractivity (Wildman–Crippen MR) is 79.2 cm³/mol. The van der Waals surface area contributed by atoms with Gasteiger partial charge in [-0.15, -0.1) is 11.3 Å². The minimum absolute atomic E-state index is 0.147. The Kier molecular flexibility index (Phi) is 3.68. The molecule has 0 atom stereocenters. The molecule has 0 bridgehead atoms. The number of nitrogens with zero attached hydrogens (tertiary/aromatic N) is 1. The van der Waals surface area contributed by atoms with E-state index in [1.165, 1.54) is 23.5 Å². The molecular weight excluding hydrogens is 313 g/mol. The number of benzene rings is 1. The van der Waals surface area contributed by atoms with Crippen molar-refractivity contribution >= 4 is 26.5 Å². The number of halogens is 1. The molecule has 0 unspecified atom stereocenters. The summed E-state index contributed by atoms with van der Waals surface area (Å²) in [5.41, 5.74) is 6.96. The van der Waals surface area contributed by atoms with Gasteiger partial charge >= 0.3 is 0 Å². The molecule has 0 amide bonds. The number of nitrogens with two attached hydrogens (primary N) is 1. The van der Waals surface area contributed by atoms with Crippen LogP contribution in [0.1, 0.15) is 22.6 Å². The second-order valence-electron chi connectivity index (χ2n) is 4.82. The highest BCUT2D eigenvalue weighted by Gasteiger charge is 2.23. The van der Waals surface area contributed by atoms with Gasteiger partial charge in [0.2, 0.25) is 0 Å². The first-order valence-electron chi connectivity index (χ1n) is 6.49. The van der Waals surface area contributed by atoms with Crippen LogP contribution < -0.4 is 10.5 Å². The molecule has 3 N–H and O–H groups in total. The number of aromatic nitrogens is 1. The highest BCUT2D eigenvalue weighted by Crippen LogP contribution is 2.31. The Morgan fingerprint density at radius 3 is 2.90 bits per heavy atom. The molecular formula is C13H14FN3O2S2. The van der Waals surface area contributed by atoms with Gasteiger partial charge in [-0.1, -0.05) is 6.07 Å². The van der Waals surface area contributed by atoms with Crippen molar-refractivity contribution in [3.8, 4) is 0 Å². The van der Waals surface area contributed by atoms with Crippen molar-refractivity contribution in [3.05, 3.63) is 40.2 Å². The number of anilines is 1. The highest BCUT2D eigenvalue weighted by atomic mass is 32.2. The number of fused-ring (bicyclic) bond motifs is 1. The second kappa shape index (κ2) is 5.36. The largest absolute Gasteiger partial charge is 0.326 e. The quantitative estimate of drug-likeness (QED) is 0.900. The van der Waals surface area contributed by atoms with Crippen molar-refractivity contribution in [3.63, 3.8) is 0 Å². The van der Waals surface area contributed by atoms with E-state index in [-0.39, 0.29) is 11.7 Å². The lowest BCUT2D eigenvalue weighted by Crippen LogP contribution is -2.15. The van der Waals surface area contributed by atoms with E-state index in [4.69, 9.17) is 5.73 Å². The third-order valence-electron chi connectivity index (χ3n) is 3.34. The molecule has 0 saturated carbocycles. The van der Waals surface area contributed by atoms with Gasteiger partial charge in [0.1, 0.15) is 10.7 Å². The first-order chi connectivity index (χ1) is 9.99. The summed E-state index contributed by atoms with van der Waals surface area (Å²) < 4.78 is 40.7. The molecule has 0 fully saturated rings. The maximum absolute atomic E-state index is 13.8. The summed E-state index contributed by atoms with van der Waals surface area (Å²) in [6.07, 6.45) is 2.84. The summed E-state index contributed by atoms with van der Waals surface area (Å²) in [6.45, 7) is 0.147. The molecule has 112 valence electrons. The number of thiazole rings is 1. The van der Waals surface area contributed by atoms with E-state index in [1.54, 1.807) is 0 Å². The minimum Gasteiger partial charge on any atom is -0.326 e. The lowest BCUT2D eigenvalue weighted by molar-refractivity contribution is 0.569. The predicted octanol–water partition coefficient (Wildman–Crippen LogP) is 2.03. The fraction of sp³-hybridized carbons (Fsp3) is 0.308. The SMILES string of the molecule is NCc1ccc(F)c(S(=O)(=O)Nc2nc3c(s2)CCC3)c1. The topological polar surface area (TPSA) is 85.1 Å². The van der Waals surface area contributed by atoms with Gasteiger partial charge in [0.25, 0.3) is 10.0 Å². The van der Waals surface area contributed by atoms with Gasteiger partial charge < -0.3 is 5.73 Å². The smallest absolute Gasteiger partial charge is 0.266 e. The van der Waals surface area contributed by atoms with Gasteiger partial charge in [-0.05, 0) is 37.0 Å². The third kappa shape index (κ3) is 2.78.